The van der Waals surface area contributed by atoms with E-state index in [2.05, 4.69) is 5.10 Å². The molecule has 1 aromatic heterocycles. The molecule has 0 saturated heterocycles. The lowest BCUT2D eigenvalue weighted by atomic mass is 10.0. The number of nitrogens with two attached hydrogens (primary N) is 1. The Morgan fingerprint density at radius 1 is 1.50 bits per heavy atom. The lowest BCUT2D eigenvalue weighted by Gasteiger charge is -2.14. The van der Waals surface area contributed by atoms with Crippen molar-refractivity contribution < 1.29 is 9.13 Å². The van der Waals surface area contributed by atoms with Gasteiger partial charge in [-0.1, -0.05) is 17.7 Å². The monoisotopic (exact) mass is 297 g/mol. The average molecular weight is 298 g/mol. The van der Waals surface area contributed by atoms with Gasteiger partial charge < -0.3 is 10.5 Å². The number of methoxy groups -OCH3 is 1. The minimum Gasteiger partial charge on any atom is -0.494 e. The molecule has 0 aliphatic carbocycles. The zero-order chi connectivity index (χ0) is 14.9. The summed E-state index contributed by atoms with van der Waals surface area (Å²) in [5, 5.41) is 4.87. The van der Waals surface area contributed by atoms with Gasteiger partial charge in [0.1, 0.15) is 0 Å². The van der Waals surface area contributed by atoms with Crippen LogP contribution in [0.4, 0.5) is 4.39 Å². The van der Waals surface area contributed by atoms with Gasteiger partial charge in [-0.3, -0.25) is 4.68 Å². The Kier molecular flexibility index (Phi) is 4.30. The summed E-state index contributed by atoms with van der Waals surface area (Å²) in [6.45, 7) is 1.85. The van der Waals surface area contributed by atoms with Crippen molar-refractivity contribution in [2.45, 2.75) is 19.4 Å². The molecule has 1 unspecified atom stereocenters. The molecule has 0 bridgehead atoms. The zero-order valence-electron chi connectivity index (χ0n) is 11.7. The Bertz CT molecular complexity index is 627. The summed E-state index contributed by atoms with van der Waals surface area (Å²) >= 11 is 6.21. The minimum absolute atomic E-state index is 0.185. The normalized spacial score (nSPS) is 12.5. The van der Waals surface area contributed by atoms with Gasteiger partial charge >= 0.3 is 0 Å². The predicted octanol–water partition coefficient (Wildman–Crippen LogP) is 2.77. The number of aryl methyl sites for hydroxylation is 2. The van der Waals surface area contributed by atoms with Crippen LogP contribution in [0, 0.1) is 12.7 Å². The summed E-state index contributed by atoms with van der Waals surface area (Å²) in [5.74, 6) is -0.219. The van der Waals surface area contributed by atoms with Gasteiger partial charge in [0.05, 0.1) is 23.5 Å². The number of nitrogens with zero attached hydrogens (tertiary/aromatic N) is 2. The molecule has 2 rings (SSSR count). The fourth-order valence-electron chi connectivity index (χ4n) is 2.14. The highest BCUT2D eigenvalue weighted by molar-refractivity contribution is 6.31. The number of hydrogen-bond donors (Lipinski definition) is 1. The van der Waals surface area contributed by atoms with Crippen molar-refractivity contribution >= 4 is 11.6 Å². The van der Waals surface area contributed by atoms with Gasteiger partial charge in [-0.15, -0.1) is 0 Å². The van der Waals surface area contributed by atoms with Crippen molar-refractivity contribution in [3.05, 3.63) is 46.0 Å². The van der Waals surface area contributed by atoms with Crippen LogP contribution in [0.5, 0.6) is 5.75 Å². The Labute approximate surface area is 122 Å². The van der Waals surface area contributed by atoms with Gasteiger partial charge in [0.25, 0.3) is 0 Å². The smallest absolute Gasteiger partial charge is 0.165 e. The number of benzene rings is 1. The first-order valence-electron chi connectivity index (χ1n) is 6.21. The third kappa shape index (κ3) is 2.78. The molecule has 2 N–H and O–H groups in total. The molecule has 0 amide bonds. The number of hydrogen-bond acceptors (Lipinski definition) is 3. The first-order chi connectivity index (χ1) is 9.43. The molecule has 0 saturated carbocycles. The first kappa shape index (κ1) is 14.8. The molecule has 4 nitrogen and oxygen atoms in total. The molecule has 108 valence electrons. The Morgan fingerprint density at radius 3 is 2.75 bits per heavy atom. The van der Waals surface area contributed by atoms with E-state index >= 15 is 0 Å². The summed E-state index contributed by atoms with van der Waals surface area (Å²) in [7, 11) is 3.25. The molecular weight excluding hydrogens is 281 g/mol. The van der Waals surface area contributed by atoms with Gasteiger partial charge in [0.2, 0.25) is 0 Å². The summed E-state index contributed by atoms with van der Waals surface area (Å²) in [5.41, 5.74) is 8.59. The summed E-state index contributed by atoms with van der Waals surface area (Å²) in [6, 6.07) is 4.30. The third-order valence-corrected chi connectivity index (χ3v) is 3.77. The predicted molar refractivity (Wildman–Crippen MR) is 76.5 cm³/mol. The average Bonchev–Trinajstić information content (AvgIpc) is 2.66. The molecule has 1 atom stereocenters. The highest BCUT2D eigenvalue weighted by Gasteiger charge is 2.17. The molecule has 1 heterocycles. The molecule has 0 aliphatic rings. The second kappa shape index (κ2) is 5.81. The molecule has 20 heavy (non-hydrogen) atoms. The van der Waals surface area contributed by atoms with Crippen LogP contribution in [0.3, 0.4) is 0 Å². The molecule has 1 aromatic carbocycles. The SMILES string of the molecule is COc1cc(C(N)Cc2c(Cl)c(C)nn2C)ccc1F. The standard InChI is InChI=1S/C14H17ClFN3O/c1-8-14(15)12(19(2)18-8)7-11(17)9-4-5-10(16)13(6-9)20-3/h4-6,11H,7,17H2,1-3H3. The molecule has 0 aliphatic heterocycles. The summed E-state index contributed by atoms with van der Waals surface area (Å²) in [6.07, 6.45) is 0.519. The summed E-state index contributed by atoms with van der Waals surface area (Å²) < 4.78 is 20.1. The number of halogens is 2. The maximum Gasteiger partial charge on any atom is 0.165 e. The van der Waals surface area contributed by atoms with Gasteiger partial charge in [-0.05, 0) is 24.6 Å². The van der Waals surface area contributed by atoms with E-state index in [1.165, 1.54) is 13.2 Å². The van der Waals surface area contributed by atoms with Gasteiger partial charge in [-0.2, -0.15) is 5.10 Å². The van der Waals surface area contributed by atoms with Crippen LogP contribution >= 0.6 is 11.6 Å². The topological polar surface area (TPSA) is 53.1 Å². The van der Waals surface area contributed by atoms with E-state index in [-0.39, 0.29) is 11.8 Å². The Morgan fingerprint density at radius 2 is 2.20 bits per heavy atom. The lowest BCUT2D eigenvalue weighted by Crippen LogP contribution is -2.16. The van der Waals surface area contributed by atoms with Gasteiger partial charge in [0.15, 0.2) is 11.6 Å². The van der Waals surface area contributed by atoms with Crippen molar-refractivity contribution in [3.8, 4) is 5.75 Å². The second-order valence-corrected chi connectivity index (χ2v) is 5.05. The van der Waals surface area contributed by atoms with E-state index in [1.54, 1.807) is 16.8 Å². The van der Waals surface area contributed by atoms with E-state index in [0.29, 0.717) is 11.4 Å². The van der Waals surface area contributed by atoms with Crippen molar-refractivity contribution in [2.24, 2.45) is 12.8 Å². The molecular formula is C14H17ClFN3O. The number of aromatic nitrogens is 2. The van der Waals surface area contributed by atoms with Crippen LogP contribution in [-0.4, -0.2) is 16.9 Å². The van der Waals surface area contributed by atoms with E-state index < -0.39 is 5.82 Å². The van der Waals surface area contributed by atoms with Gasteiger partial charge in [0, 0.05) is 19.5 Å². The fourth-order valence-corrected chi connectivity index (χ4v) is 2.37. The number of ether oxygens (including phenoxy) is 1. The van der Waals surface area contributed by atoms with Crippen molar-refractivity contribution in [1.29, 1.82) is 0 Å². The lowest BCUT2D eigenvalue weighted by molar-refractivity contribution is 0.385. The van der Waals surface area contributed by atoms with Crippen molar-refractivity contribution in [2.75, 3.05) is 7.11 Å². The van der Waals surface area contributed by atoms with Crippen LogP contribution < -0.4 is 10.5 Å². The molecule has 6 heteroatoms. The molecule has 0 fully saturated rings. The van der Waals surface area contributed by atoms with Crippen LogP contribution in [-0.2, 0) is 13.5 Å². The maximum absolute atomic E-state index is 13.4. The summed E-state index contributed by atoms with van der Waals surface area (Å²) in [4.78, 5) is 0. The quantitative estimate of drug-likeness (QED) is 0.944. The number of rotatable bonds is 4. The van der Waals surface area contributed by atoms with Crippen molar-refractivity contribution in [1.82, 2.24) is 9.78 Å². The first-order valence-corrected chi connectivity index (χ1v) is 6.58. The van der Waals surface area contributed by atoms with Crippen molar-refractivity contribution in [3.63, 3.8) is 0 Å². The van der Waals surface area contributed by atoms with Gasteiger partial charge in [-0.25, -0.2) is 4.39 Å². The molecule has 2 aromatic rings. The molecule has 0 radical (unpaired) electrons. The molecule has 0 spiro atoms. The Balaban J connectivity index is 2.26. The van der Waals surface area contributed by atoms with Crippen LogP contribution in [0.25, 0.3) is 0 Å². The minimum atomic E-state index is -0.405. The fraction of sp³-hybridized carbons (Fsp3) is 0.357. The highest BCUT2D eigenvalue weighted by Crippen LogP contribution is 2.27. The largest absolute Gasteiger partial charge is 0.494 e. The second-order valence-electron chi connectivity index (χ2n) is 4.67. The van der Waals surface area contributed by atoms with Crippen LogP contribution in [0.1, 0.15) is 23.0 Å². The van der Waals surface area contributed by atoms with Crippen LogP contribution in [0.2, 0.25) is 5.02 Å². The Hall–Kier alpha value is -1.59. The maximum atomic E-state index is 13.4. The van der Waals surface area contributed by atoms with E-state index in [4.69, 9.17) is 22.1 Å². The van der Waals surface area contributed by atoms with Crippen LogP contribution in [0.15, 0.2) is 18.2 Å². The van der Waals surface area contributed by atoms with E-state index in [1.807, 2.05) is 14.0 Å². The highest BCUT2D eigenvalue weighted by atomic mass is 35.5. The van der Waals surface area contributed by atoms with E-state index in [9.17, 15) is 4.39 Å². The zero-order valence-corrected chi connectivity index (χ0v) is 12.4. The third-order valence-electron chi connectivity index (χ3n) is 3.28. The van der Waals surface area contributed by atoms with E-state index in [0.717, 1.165) is 17.0 Å².